The van der Waals surface area contributed by atoms with Gasteiger partial charge in [-0.3, -0.25) is 4.79 Å². The molecule has 1 aromatic heterocycles. The Bertz CT molecular complexity index is 989. The van der Waals surface area contributed by atoms with E-state index >= 15 is 0 Å². The summed E-state index contributed by atoms with van der Waals surface area (Å²) in [5.74, 6) is 0.936. The Morgan fingerprint density at radius 3 is 2.69 bits per heavy atom. The van der Waals surface area contributed by atoms with Crippen LogP contribution >= 0.6 is 23.4 Å². The summed E-state index contributed by atoms with van der Waals surface area (Å²) < 4.78 is 13.0. The maximum absolute atomic E-state index is 13.0. The van der Waals surface area contributed by atoms with E-state index in [0.717, 1.165) is 5.56 Å². The van der Waals surface area contributed by atoms with Gasteiger partial charge in [0.15, 0.2) is 0 Å². The van der Waals surface area contributed by atoms with E-state index in [1.54, 1.807) is 24.3 Å². The van der Waals surface area contributed by atoms with Gasteiger partial charge in [0, 0.05) is 17.3 Å². The SMILES string of the molecule is Nc1nc(CSCC(=O)NCc2cccc(Cl)c2)nc(Nc2ccc(F)cc2)n1. The zero-order valence-electron chi connectivity index (χ0n) is 15.2. The highest BCUT2D eigenvalue weighted by molar-refractivity contribution is 7.99. The number of benzene rings is 2. The number of nitrogens with two attached hydrogens (primary N) is 1. The fourth-order valence-electron chi connectivity index (χ4n) is 2.35. The van der Waals surface area contributed by atoms with Crippen LogP contribution in [0.4, 0.5) is 22.0 Å². The number of anilines is 3. The van der Waals surface area contributed by atoms with Gasteiger partial charge in [-0.25, -0.2) is 4.39 Å². The zero-order valence-corrected chi connectivity index (χ0v) is 16.8. The zero-order chi connectivity index (χ0) is 20.6. The number of nitrogens with zero attached hydrogens (tertiary/aromatic N) is 3. The van der Waals surface area contributed by atoms with Crippen LogP contribution in [0.1, 0.15) is 11.4 Å². The smallest absolute Gasteiger partial charge is 0.232 e. The summed E-state index contributed by atoms with van der Waals surface area (Å²) >= 11 is 7.28. The highest BCUT2D eigenvalue weighted by Gasteiger charge is 2.08. The molecule has 0 radical (unpaired) electrons. The summed E-state index contributed by atoms with van der Waals surface area (Å²) in [6.07, 6.45) is 0. The number of aromatic nitrogens is 3. The van der Waals surface area contributed by atoms with Crippen molar-refractivity contribution >= 4 is 46.9 Å². The third-order valence-electron chi connectivity index (χ3n) is 3.64. The topological polar surface area (TPSA) is 106 Å². The Morgan fingerprint density at radius 2 is 1.93 bits per heavy atom. The number of thioether (sulfide) groups is 1. The number of carbonyl (C=O) groups is 1. The summed E-state index contributed by atoms with van der Waals surface area (Å²) in [6.45, 7) is 0.407. The molecule has 0 saturated heterocycles. The Labute approximate surface area is 176 Å². The largest absolute Gasteiger partial charge is 0.368 e. The van der Waals surface area contributed by atoms with Crippen LogP contribution < -0.4 is 16.4 Å². The molecule has 29 heavy (non-hydrogen) atoms. The highest BCUT2D eigenvalue weighted by atomic mass is 35.5. The van der Waals surface area contributed by atoms with Gasteiger partial charge in [0.2, 0.25) is 17.8 Å². The number of nitrogen functional groups attached to an aromatic ring is 1. The Kier molecular flexibility index (Phi) is 7.20. The molecule has 0 spiro atoms. The van der Waals surface area contributed by atoms with Gasteiger partial charge in [-0.15, -0.1) is 11.8 Å². The molecular formula is C19H18ClFN6OS. The van der Waals surface area contributed by atoms with E-state index in [0.29, 0.717) is 28.8 Å². The van der Waals surface area contributed by atoms with Crippen LogP contribution in [0.3, 0.4) is 0 Å². The van der Waals surface area contributed by atoms with E-state index in [2.05, 4.69) is 25.6 Å². The van der Waals surface area contributed by atoms with E-state index in [-0.39, 0.29) is 29.4 Å². The maximum Gasteiger partial charge on any atom is 0.232 e. The second kappa shape index (κ2) is 10.0. The standard InChI is InChI=1S/C19H18ClFN6OS/c20-13-3-1-2-12(8-13)9-23-17(28)11-29-10-16-25-18(22)27-19(26-16)24-15-6-4-14(21)5-7-15/h1-8H,9-11H2,(H,23,28)(H3,22,24,25,26,27). The third-order valence-corrected chi connectivity index (χ3v) is 4.81. The number of halogens is 2. The van der Waals surface area contributed by atoms with Crippen LogP contribution in [0.5, 0.6) is 0 Å². The van der Waals surface area contributed by atoms with E-state index in [9.17, 15) is 9.18 Å². The lowest BCUT2D eigenvalue weighted by Crippen LogP contribution is -2.24. The first-order chi connectivity index (χ1) is 14.0. The molecule has 150 valence electrons. The summed E-state index contributed by atoms with van der Waals surface area (Å²) in [5.41, 5.74) is 7.28. The summed E-state index contributed by atoms with van der Waals surface area (Å²) in [5, 5.41) is 6.41. The van der Waals surface area contributed by atoms with Gasteiger partial charge in [0.25, 0.3) is 0 Å². The number of hydrogen-bond donors (Lipinski definition) is 3. The van der Waals surface area contributed by atoms with Gasteiger partial charge >= 0.3 is 0 Å². The van der Waals surface area contributed by atoms with Crippen molar-refractivity contribution in [1.82, 2.24) is 20.3 Å². The molecule has 0 bridgehead atoms. The van der Waals surface area contributed by atoms with E-state index in [1.165, 1.54) is 23.9 Å². The highest BCUT2D eigenvalue weighted by Crippen LogP contribution is 2.16. The van der Waals surface area contributed by atoms with E-state index in [1.807, 2.05) is 12.1 Å². The molecular weight excluding hydrogens is 415 g/mol. The van der Waals surface area contributed by atoms with Gasteiger partial charge < -0.3 is 16.4 Å². The van der Waals surface area contributed by atoms with Crippen molar-refractivity contribution in [2.45, 2.75) is 12.3 Å². The van der Waals surface area contributed by atoms with Crippen LogP contribution in [0, 0.1) is 5.82 Å². The Balaban J connectivity index is 1.49. The number of hydrogen-bond acceptors (Lipinski definition) is 7. The molecule has 3 rings (SSSR count). The first-order valence-corrected chi connectivity index (χ1v) is 10.1. The molecule has 0 unspecified atom stereocenters. The average molecular weight is 433 g/mol. The predicted octanol–water partition coefficient (Wildman–Crippen LogP) is 3.54. The lowest BCUT2D eigenvalue weighted by atomic mass is 10.2. The first-order valence-electron chi connectivity index (χ1n) is 8.60. The molecule has 0 fully saturated rings. The van der Waals surface area contributed by atoms with Crippen molar-refractivity contribution < 1.29 is 9.18 Å². The fraction of sp³-hybridized carbons (Fsp3) is 0.158. The molecule has 1 amide bonds. The molecule has 3 aromatic rings. The van der Waals surface area contributed by atoms with Crippen molar-refractivity contribution in [3.63, 3.8) is 0 Å². The minimum absolute atomic E-state index is 0.0608. The van der Waals surface area contributed by atoms with Gasteiger partial charge in [0.1, 0.15) is 11.6 Å². The molecule has 10 heteroatoms. The summed E-state index contributed by atoms with van der Waals surface area (Å²) in [7, 11) is 0. The van der Waals surface area contributed by atoms with Gasteiger partial charge in [-0.2, -0.15) is 15.0 Å². The normalized spacial score (nSPS) is 10.6. The number of nitrogens with one attached hydrogen (secondary N) is 2. The lowest BCUT2D eigenvalue weighted by Gasteiger charge is -2.08. The van der Waals surface area contributed by atoms with Crippen LogP contribution in [0.2, 0.25) is 5.02 Å². The third kappa shape index (κ3) is 6.88. The van der Waals surface area contributed by atoms with E-state index < -0.39 is 0 Å². The molecule has 4 N–H and O–H groups in total. The molecule has 1 heterocycles. The van der Waals surface area contributed by atoms with Gasteiger partial charge in [0.05, 0.1) is 11.5 Å². The Hall–Kier alpha value is -2.91. The van der Waals surface area contributed by atoms with Gasteiger partial charge in [-0.1, -0.05) is 23.7 Å². The second-order valence-electron chi connectivity index (χ2n) is 5.96. The molecule has 0 aliphatic rings. The monoisotopic (exact) mass is 432 g/mol. The number of rotatable bonds is 8. The summed E-state index contributed by atoms with van der Waals surface area (Å²) in [4.78, 5) is 24.4. The van der Waals surface area contributed by atoms with Crippen molar-refractivity contribution in [3.8, 4) is 0 Å². The number of carbonyl (C=O) groups excluding carboxylic acids is 1. The lowest BCUT2D eigenvalue weighted by molar-refractivity contribution is -0.118. The molecule has 0 aliphatic heterocycles. The first kappa shape index (κ1) is 20.8. The van der Waals surface area contributed by atoms with E-state index in [4.69, 9.17) is 17.3 Å². The molecule has 0 atom stereocenters. The van der Waals surface area contributed by atoms with Crippen molar-refractivity contribution in [1.29, 1.82) is 0 Å². The summed E-state index contributed by atoms with van der Waals surface area (Å²) in [6, 6.07) is 13.1. The minimum Gasteiger partial charge on any atom is -0.368 e. The van der Waals surface area contributed by atoms with Crippen molar-refractivity contribution in [3.05, 3.63) is 70.8 Å². The van der Waals surface area contributed by atoms with Crippen molar-refractivity contribution in [2.24, 2.45) is 0 Å². The Morgan fingerprint density at radius 1 is 1.14 bits per heavy atom. The van der Waals surface area contributed by atoms with Crippen molar-refractivity contribution in [2.75, 3.05) is 16.8 Å². The number of amides is 1. The molecule has 0 saturated carbocycles. The van der Waals surface area contributed by atoms with Crippen LogP contribution in [-0.4, -0.2) is 26.6 Å². The molecule has 0 aliphatic carbocycles. The minimum atomic E-state index is -0.337. The fourth-order valence-corrected chi connectivity index (χ4v) is 3.27. The maximum atomic E-state index is 13.0. The molecule has 2 aromatic carbocycles. The second-order valence-corrected chi connectivity index (χ2v) is 7.39. The van der Waals surface area contributed by atoms with Crippen LogP contribution in [0.15, 0.2) is 48.5 Å². The predicted molar refractivity (Wildman–Crippen MR) is 113 cm³/mol. The van der Waals surface area contributed by atoms with Crippen LogP contribution in [0.25, 0.3) is 0 Å². The average Bonchev–Trinajstić information content (AvgIpc) is 2.68. The van der Waals surface area contributed by atoms with Gasteiger partial charge in [-0.05, 0) is 42.0 Å². The quantitative estimate of drug-likeness (QED) is 0.499. The van der Waals surface area contributed by atoms with Crippen LogP contribution in [-0.2, 0) is 17.1 Å². The molecule has 7 nitrogen and oxygen atoms in total.